The minimum atomic E-state index is -1.14. The van der Waals surface area contributed by atoms with Gasteiger partial charge in [-0.2, -0.15) is 0 Å². The summed E-state index contributed by atoms with van der Waals surface area (Å²) in [5, 5.41) is 7.97. The fourth-order valence-corrected chi connectivity index (χ4v) is 6.86. The van der Waals surface area contributed by atoms with Gasteiger partial charge in [0.15, 0.2) is 5.60 Å². The molecule has 1 fully saturated rings. The molecular formula is C32H34BCl2N3O3. The number of halogens is 2. The lowest BCUT2D eigenvalue weighted by Gasteiger charge is -2.49. The van der Waals surface area contributed by atoms with Crippen LogP contribution in [0.15, 0.2) is 66.9 Å². The van der Waals surface area contributed by atoms with Crippen molar-refractivity contribution in [2.24, 2.45) is 0 Å². The van der Waals surface area contributed by atoms with Crippen LogP contribution < -0.4 is 20.8 Å². The van der Waals surface area contributed by atoms with Crippen LogP contribution >= 0.6 is 23.2 Å². The van der Waals surface area contributed by atoms with Gasteiger partial charge in [-0.3, -0.25) is 9.59 Å². The van der Waals surface area contributed by atoms with Gasteiger partial charge in [0.1, 0.15) is 13.6 Å². The molecule has 0 saturated carbocycles. The molecule has 2 aliphatic heterocycles. The monoisotopic (exact) mass is 589 g/mol. The molecule has 9 heteroatoms. The summed E-state index contributed by atoms with van der Waals surface area (Å²) in [6.45, 7) is 10.1. The number of nitrogens with one attached hydrogen (secondary N) is 2. The van der Waals surface area contributed by atoms with E-state index in [4.69, 9.17) is 27.9 Å². The molecular weight excluding hydrogens is 556 g/mol. The number of piperidine rings is 1. The highest BCUT2D eigenvalue weighted by Gasteiger charge is 2.58. The second-order valence-electron chi connectivity index (χ2n) is 11.8. The molecule has 0 radical (unpaired) electrons. The van der Waals surface area contributed by atoms with Crippen molar-refractivity contribution in [3.8, 4) is 5.75 Å². The van der Waals surface area contributed by atoms with E-state index in [0.717, 1.165) is 39.1 Å². The zero-order valence-electron chi connectivity index (χ0n) is 24.2. The van der Waals surface area contributed by atoms with Gasteiger partial charge in [0, 0.05) is 47.9 Å². The van der Waals surface area contributed by atoms with Gasteiger partial charge >= 0.3 is 0 Å². The molecule has 3 aromatic rings. The van der Waals surface area contributed by atoms with Crippen molar-refractivity contribution in [3.63, 3.8) is 0 Å². The number of benzene rings is 3. The largest absolute Gasteiger partial charge is 0.478 e. The highest BCUT2D eigenvalue weighted by molar-refractivity contribution is 6.32. The van der Waals surface area contributed by atoms with Crippen LogP contribution in [-0.2, 0) is 15.0 Å². The topological polar surface area (TPSA) is 70.7 Å². The standard InChI is InChI=1S/C32H34BCl2N3O3/c1-17-7-9-20(34)14-22(17)29-32(18(2)36-26-15-21(35)10-11-24(26)32)25(16-28(39)37-29)23-13-19(33)8-12-27(23)41-31(3,4)30(40)38(5)6/h7-15,25,29,36H,2,16,33H2,1,3-6H3,(H,37,39)/t25-,29+,32+/m1/s1. The van der Waals surface area contributed by atoms with E-state index >= 15 is 0 Å². The number of carbonyl (C=O) groups excluding carboxylic acids is 2. The van der Waals surface area contributed by atoms with Gasteiger partial charge in [-0.15, -0.1) is 0 Å². The second kappa shape index (κ2) is 10.4. The maximum absolute atomic E-state index is 13.6. The summed E-state index contributed by atoms with van der Waals surface area (Å²) < 4.78 is 6.51. The molecule has 0 aliphatic carbocycles. The summed E-state index contributed by atoms with van der Waals surface area (Å²) in [6, 6.07) is 16.9. The van der Waals surface area contributed by atoms with Gasteiger partial charge in [-0.05, 0) is 73.4 Å². The van der Waals surface area contributed by atoms with E-state index in [1.807, 2.05) is 63.3 Å². The lowest BCUT2D eigenvalue weighted by molar-refractivity contribution is -0.142. The number of fused-ring (bicyclic) bond motifs is 2. The molecule has 2 aliphatic rings. The zero-order valence-corrected chi connectivity index (χ0v) is 25.7. The van der Waals surface area contributed by atoms with Crippen molar-refractivity contribution in [1.29, 1.82) is 0 Å². The smallest absolute Gasteiger partial charge is 0.265 e. The summed E-state index contributed by atoms with van der Waals surface area (Å²) >= 11 is 13.0. The molecule has 3 aromatic carbocycles. The Balaban J connectivity index is 1.80. The van der Waals surface area contributed by atoms with Crippen molar-refractivity contribution < 1.29 is 14.3 Å². The number of aryl methyl sites for hydroxylation is 1. The number of amides is 2. The van der Waals surface area contributed by atoms with Crippen molar-refractivity contribution >= 4 is 54.0 Å². The minimum absolute atomic E-state index is 0.101. The number of hydrogen-bond donors (Lipinski definition) is 2. The predicted octanol–water partition coefficient (Wildman–Crippen LogP) is 5.03. The molecule has 41 heavy (non-hydrogen) atoms. The highest BCUT2D eigenvalue weighted by atomic mass is 35.5. The molecule has 0 aromatic heterocycles. The fraction of sp³-hybridized carbons (Fsp3) is 0.312. The third-order valence-electron chi connectivity index (χ3n) is 8.29. The van der Waals surface area contributed by atoms with Gasteiger partial charge in [0.05, 0.1) is 11.5 Å². The normalized spacial score (nSPS) is 21.7. The van der Waals surface area contributed by atoms with Crippen LogP contribution in [-0.4, -0.2) is 44.3 Å². The maximum Gasteiger partial charge on any atom is 0.265 e. The number of likely N-dealkylation sites (N-methyl/N-ethyl adjacent to an activating group) is 1. The summed E-state index contributed by atoms with van der Waals surface area (Å²) in [5.74, 6) is -0.121. The van der Waals surface area contributed by atoms with Gasteiger partial charge in [0.2, 0.25) is 5.91 Å². The van der Waals surface area contributed by atoms with E-state index < -0.39 is 23.0 Å². The summed E-state index contributed by atoms with van der Waals surface area (Å²) in [7, 11) is 5.42. The quantitative estimate of drug-likeness (QED) is 0.410. The lowest BCUT2D eigenvalue weighted by atomic mass is 9.58. The van der Waals surface area contributed by atoms with Gasteiger partial charge < -0.3 is 20.3 Å². The van der Waals surface area contributed by atoms with E-state index in [2.05, 4.69) is 23.3 Å². The number of carbonyl (C=O) groups is 2. The number of ether oxygens (including phenoxy) is 1. The molecule has 0 unspecified atom stereocenters. The van der Waals surface area contributed by atoms with Crippen LogP contribution in [0.1, 0.15) is 54.5 Å². The van der Waals surface area contributed by atoms with Gasteiger partial charge in [0.25, 0.3) is 5.91 Å². The van der Waals surface area contributed by atoms with E-state index in [0.29, 0.717) is 15.8 Å². The Morgan fingerprint density at radius 3 is 2.46 bits per heavy atom. The second-order valence-corrected chi connectivity index (χ2v) is 12.6. The van der Waals surface area contributed by atoms with Crippen LogP contribution in [0.2, 0.25) is 10.0 Å². The first-order valence-electron chi connectivity index (χ1n) is 13.6. The molecule has 5 rings (SSSR count). The molecule has 2 N–H and O–H groups in total. The SMILES string of the molecule is Bc1ccc(OC(C)(C)C(=O)N(C)C)c([C@H]2CC(=O)N[C@@H](c3cc(Cl)ccc3C)[C@]23C(=C)Nc2cc(Cl)ccc23)c1. The Hall–Kier alpha value is -3.42. The van der Waals surface area contributed by atoms with Crippen molar-refractivity contribution in [1.82, 2.24) is 10.2 Å². The summed E-state index contributed by atoms with van der Waals surface area (Å²) in [6.07, 6.45) is 0.181. The van der Waals surface area contributed by atoms with Gasteiger partial charge in [-0.1, -0.05) is 59.5 Å². The highest BCUT2D eigenvalue weighted by Crippen LogP contribution is 2.62. The minimum Gasteiger partial charge on any atom is -0.478 e. The maximum atomic E-state index is 13.6. The summed E-state index contributed by atoms with van der Waals surface area (Å²) in [5.41, 5.74) is 4.31. The number of anilines is 1. The van der Waals surface area contributed by atoms with Crippen LogP contribution in [0.25, 0.3) is 0 Å². The Morgan fingerprint density at radius 2 is 1.76 bits per heavy atom. The molecule has 2 amide bonds. The van der Waals surface area contributed by atoms with E-state index in [1.165, 1.54) is 4.90 Å². The van der Waals surface area contributed by atoms with Crippen LogP contribution in [0.5, 0.6) is 5.75 Å². The van der Waals surface area contributed by atoms with Crippen molar-refractivity contribution in [3.05, 3.63) is 99.2 Å². The first-order chi connectivity index (χ1) is 19.2. The number of rotatable bonds is 5. The average Bonchev–Trinajstić information content (AvgIpc) is 3.18. The van der Waals surface area contributed by atoms with Gasteiger partial charge in [-0.25, -0.2) is 0 Å². The Kier molecular flexibility index (Phi) is 7.41. The molecule has 1 spiro atoms. The van der Waals surface area contributed by atoms with E-state index in [-0.39, 0.29) is 18.2 Å². The molecule has 3 atom stereocenters. The fourth-order valence-electron chi connectivity index (χ4n) is 6.51. The predicted molar refractivity (Wildman–Crippen MR) is 168 cm³/mol. The lowest BCUT2D eigenvalue weighted by Crippen LogP contribution is -2.54. The first kappa shape index (κ1) is 29.1. The van der Waals surface area contributed by atoms with Crippen LogP contribution in [0, 0.1) is 6.92 Å². The molecule has 212 valence electrons. The molecule has 6 nitrogen and oxygen atoms in total. The Bertz CT molecular complexity index is 1590. The number of hydrogen-bond acceptors (Lipinski definition) is 4. The third-order valence-corrected chi connectivity index (χ3v) is 8.76. The summed E-state index contributed by atoms with van der Waals surface area (Å²) in [4.78, 5) is 28.2. The number of nitrogens with zero attached hydrogens (tertiary/aromatic N) is 1. The Labute approximate surface area is 252 Å². The van der Waals surface area contributed by atoms with E-state index in [1.54, 1.807) is 27.9 Å². The Morgan fingerprint density at radius 1 is 1.07 bits per heavy atom. The van der Waals surface area contributed by atoms with Crippen LogP contribution in [0.4, 0.5) is 5.69 Å². The average molecular weight is 590 g/mol. The van der Waals surface area contributed by atoms with Crippen LogP contribution in [0.3, 0.4) is 0 Å². The molecule has 0 bridgehead atoms. The third kappa shape index (κ3) is 4.89. The first-order valence-corrected chi connectivity index (χ1v) is 14.3. The molecule has 2 heterocycles. The van der Waals surface area contributed by atoms with Crippen molar-refractivity contribution in [2.45, 2.75) is 50.2 Å². The van der Waals surface area contributed by atoms with E-state index in [9.17, 15) is 9.59 Å². The van der Waals surface area contributed by atoms with Crippen molar-refractivity contribution in [2.75, 3.05) is 19.4 Å². The zero-order chi connectivity index (χ0) is 29.9. The molecule has 1 saturated heterocycles.